The highest BCUT2D eigenvalue weighted by atomic mass is 32.2. The molecule has 8 nitrogen and oxygen atoms in total. The van der Waals surface area contributed by atoms with E-state index in [1.54, 1.807) is 0 Å². The van der Waals surface area contributed by atoms with E-state index in [0.717, 1.165) is 28.2 Å². The molecule has 0 amide bonds. The van der Waals surface area contributed by atoms with Crippen LogP contribution in [0.15, 0.2) is 61.5 Å². The Hall–Kier alpha value is -2.90. The van der Waals surface area contributed by atoms with Crippen molar-refractivity contribution in [2.75, 3.05) is 14.1 Å². The molecule has 4 rings (SSSR count). The Morgan fingerprint density at radius 2 is 1.78 bits per heavy atom. The zero-order valence-corrected chi connectivity index (χ0v) is 18.3. The lowest BCUT2D eigenvalue weighted by Gasteiger charge is -2.10. The number of aromatic nitrogens is 3. The first-order valence-corrected chi connectivity index (χ1v) is 11.4. The predicted octanol–water partition coefficient (Wildman–Crippen LogP) is 4.44. The highest BCUT2D eigenvalue weighted by Crippen LogP contribution is 2.31. The van der Waals surface area contributed by atoms with E-state index in [4.69, 9.17) is 8.94 Å². The Morgan fingerprint density at radius 1 is 1.06 bits per heavy atom. The van der Waals surface area contributed by atoms with Crippen LogP contribution in [0, 0.1) is 0 Å². The first-order valence-electron chi connectivity index (χ1n) is 9.00. The number of sulfonamides is 1. The van der Waals surface area contributed by atoms with Gasteiger partial charge in [0, 0.05) is 19.7 Å². The van der Waals surface area contributed by atoms with Crippen LogP contribution in [0.5, 0.6) is 0 Å². The maximum Gasteiger partial charge on any atom is 0.416 e. The quantitative estimate of drug-likeness (QED) is 0.370. The van der Waals surface area contributed by atoms with Gasteiger partial charge in [-0.2, -0.15) is 18.2 Å². The molecule has 0 unspecified atom stereocenters. The number of nitrogens with zero attached hydrogens (tertiary/aromatic N) is 4. The second-order valence-electron chi connectivity index (χ2n) is 6.77. The van der Waals surface area contributed by atoms with Crippen molar-refractivity contribution in [3.8, 4) is 11.4 Å². The van der Waals surface area contributed by atoms with E-state index in [-0.39, 0.29) is 27.6 Å². The average molecular weight is 484 g/mol. The summed E-state index contributed by atoms with van der Waals surface area (Å²) in [7, 11) is -0.725. The number of hydrogen-bond donors (Lipinski definition) is 0. The molecule has 0 radical (unpaired) electrons. The smallest absolute Gasteiger partial charge is 0.416 e. The largest absolute Gasteiger partial charge is 0.431 e. The molecule has 0 aliphatic carbocycles. The van der Waals surface area contributed by atoms with Crippen molar-refractivity contribution >= 4 is 32.9 Å². The summed E-state index contributed by atoms with van der Waals surface area (Å²) in [6, 6.07) is 8.82. The summed E-state index contributed by atoms with van der Waals surface area (Å²) < 4.78 is 74.4. The molecule has 168 valence electrons. The Morgan fingerprint density at radius 3 is 2.44 bits per heavy atom. The molecular formula is C19H15F3N4O4S2. The number of hydrogen-bond acceptors (Lipinski definition) is 8. The first kappa shape index (κ1) is 22.3. The van der Waals surface area contributed by atoms with Crippen LogP contribution in [0.1, 0.15) is 11.5 Å². The molecule has 13 heteroatoms. The maximum atomic E-state index is 12.7. The molecule has 0 saturated heterocycles. The number of halogens is 3. The second kappa shape index (κ2) is 8.22. The summed E-state index contributed by atoms with van der Waals surface area (Å²) in [6.07, 6.45) is -4.42. The van der Waals surface area contributed by atoms with Crippen LogP contribution in [-0.2, 0) is 22.0 Å². The molecule has 2 heterocycles. The lowest BCUT2D eigenvalue weighted by atomic mass is 10.1. The van der Waals surface area contributed by atoms with E-state index in [9.17, 15) is 21.6 Å². The van der Waals surface area contributed by atoms with Gasteiger partial charge in [-0.15, -0.1) is 0 Å². The molecule has 0 spiro atoms. The summed E-state index contributed by atoms with van der Waals surface area (Å²) >= 11 is 1.15. The number of thioether (sulfide) groups is 1. The van der Waals surface area contributed by atoms with E-state index in [2.05, 4.69) is 15.1 Å². The lowest BCUT2D eigenvalue weighted by molar-refractivity contribution is -0.137. The standard InChI is InChI=1S/C19H15F3N4O4S2/c1-26(2)32(27,28)13-7-8-15-14(9-13)23-18(29-15)31-10-16-24-17(25-30-16)11-3-5-12(6-4-11)19(20,21)22/h3-9H,10H2,1-2H3. The Bertz CT molecular complexity index is 1360. The van der Waals surface area contributed by atoms with Gasteiger partial charge in [-0.25, -0.2) is 17.7 Å². The summed E-state index contributed by atoms with van der Waals surface area (Å²) in [4.78, 5) is 8.54. The Balaban J connectivity index is 1.47. The van der Waals surface area contributed by atoms with Crippen molar-refractivity contribution in [1.29, 1.82) is 0 Å². The molecule has 0 aliphatic heterocycles. The number of rotatable bonds is 6. The van der Waals surface area contributed by atoms with Crippen LogP contribution >= 0.6 is 11.8 Å². The molecule has 0 saturated carbocycles. The van der Waals surface area contributed by atoms with Crippen LogP contribution in [0.3, 0.4) is 0 Å². The van der Waals surface area contributed by atoms with E-state index in [1.165, 1.54) is 44.4 Å². The average Bonchev–Trinajstić information content (AvgIpc) is 3.37. The number of benzene rings is 2. The normalized spacial score (nSPS) is 12.7. The van der Waals surface area contributed by atoms with Crippen LogP contribution in [-0.4, -0.2) is 41.9 Å². The molecule has 0 atom stereocenters. The van der Waals surface area contributed by atoms with Gasteiger partial charge in [-0.1, -0.05) is 29.1 Å². The van der Waals surface area contributed by atoms with Gasteiger partial charge < -0.3 is 8.94 Å². The third kappa shape index (κ3) is 4.49. The van der Waals surface area contributed by atoms with E-state index in [1.807, 2.05) is 0 Å². The third-order valence-electron chi connectivity index (χ3n) is 4.38. The molecular weight excluding hydrogens is 469 g/mol. The summed E-state index contributed by atoms with van der Waals surface area (Å²) in [6.45, 7) is 0. The topological polar surface area (TPSA) is 102 Å². The van der Waals surface area contributed by atoms with Crippen molar-refractivity contribution in [2.24, 2.45) is 0 Å². The maximum absolute atomic E-state index is 12.7. The third-order valence-corrected chi connectivity index (χ3v) is 7.00. The minimum absolute atomic E-state index is 0.0953. The van der Waals surface area contributed by atoms with Crippen molar-refractivity contribution in [3.05, 3.63) is 53.9 Å². The van der Waals surface area contributed by atoms with Gasteiger partial charge in [-0.3, -0.25) is 0 Å². The second-order valence-corrected chi connectivity index (χ2v) is 9.85. The molecule has 2 aromatic carbocycles. The van der Waals surface area contributed by atoms with Crippen molar-refractivity contribution < 1.29 is 30.5 Å². The minimum Gasteiger partial charge on any atom is -0.431 e. The highest BCUT2D eigenvalue weighted by Gasteiger charge is 2.30. The highest BCUT2D eigenvalue weighted by molar-refractivity contribution is 7.98. The fourth-order valence-corrected chi connectivity index (χ4v) is 4.28. The fourth-order valence-electron chi connectivity index (χ4n) is 2.68. The zero-order valence-electron chi connectivity index (χ0n) is 16.6. The molecule has 0 bridgehead atoms. The fraction of sp³-hybridized carbons (Fsp3) is 0.211. The first-order chi connectivity index (χ1) is 15.0. The van der Waals surface area contributed by atoms with Crippen LogP contribution in [0.4, 0.5) is 13.2 Å². The molecule has 2 aromatic heterocycles. The molecule has 0 aliphatic rings. The number of alkyl halides is 3. The predicted molar refractivity (Wildman–Crippen MR) is 109 cm³/mol. The van der Waals surface area contributed by atoms with Gasteiger partial charge in [0.2, 0.25) is 21.7 Å². The van der Waals surface area contributed by atoms with Gasteiger partial charge in [0.15, 0.2) is 5.58 Å². The lowest BCUT2D eigenvalue weighted by Crippen LogP contribution is -2.22. The molecule has 32 heavy (non-hydrogen) atoms. The SMILES string of the molecule is CN(C)S(=O)(=O)c1ccc2oc(SCc3nc(-c4ccc(C(F)(F)F)cc4)no3)nc2c1. The molecule has 0 N–H and O–H groups in total. The minimum atomic E-state index is -4.42. The van der Waals surface area contributed by atoms with Gasteiger partial charge in [0.25, 0.3) is 5.22 Å². The van der Waals surface area contributed by atoms with E-state index >= 15 is 0 Å². The molecule has 0 fully saturated rings. The van der Waals surface area contributed by atoms with Crippen molar-refractivity contribution in [3.63, 3.8) is 0 Å². The Kier molecular flexibility index (Phi) is 5.73. The van der Waals surface area contributed by atoms with Gasteiger partial charge >= 0.3 is 6.18 Å². The Labute approximate surface area is 184 Å². The zero-order chi connectivity index (χ0) is 23.1. The van der Waals surface area contributed by atoms with Gasteiger partial charge in [-0.05, 0) is 30.3 Å². The summed E-state index contributed by atoms with van der Waals surface area (Å²) in [5.74, 6) is 0.581. The van der Waals surface area contributed by atoms with Crippen molar-refractivity contribution in [1.82, 2.24) is 19.4 Å². The summed E-state index contributed by atoms with van der Waals surface area (Å²) in [5.41, 5.74) is 0.417. The van der Waals surface area contributed by atoms with Crippen LogP contribution in [0.2, 0.25) is 0 Å². The monoisotopic (exact) mass is 484 g/mol. The summed E-state index contributed by atoms with van der Waals surface area (Å²) in [5, 5.41) is 4.06. The number of oxazole rings is 1. The van der Waals surface area contributed by atoms with E-state index < -0.39 is 21.8 Å². The molecule has 4 aromatic rings. The van der Waals surface area contributed by atoms with Crippen LogP contribution < -0.4 is 0 Å². The van der Waals surface area contributed by atoms with E-state index in [0.29, 0.717) is 16.7 Å². The van der Waals surface area contributed by atoms with Crippen molar-refractivity contribution in [2.45, 2.75) is 22.0 Å². The van der Waals surface area contributed by atoms with Gasteiger partial charge in [0.1, 0.15) is 5.52 Å². The van der Waals surface area contributed by atoms with Crippen LogP contribution in [0.25, 0.3) is 22.5 Å². The van der Waals surface area contributed by atoms with Gasteiger partial charge in [0.05, 0.1) is 16.2 Å². The number of fused-ring (bicyclic) bond motifs is 1.